The highest BCUT2D eigenvalue weighted by Gasteiger charge is 2.17. The van der Waals surface area contributed by atoms with Crippen LogP contribution in [0.25, 0.3) is 0 Å². The summed E-state index contributed by atoms with van der Waals surface area (Å²) in [5, 5.41) is 3.46. The minimum absolute atomic E-state index is 0. The molecule has 1 saturated heterocycles. The van der Waals surface area contributed by atoms with Crippen LogP contribution in [0.1, 0.15) is 24.6 Å². The Labute approximate surface area is 97.3 Å². The minimum atomic E-state index is 0. The van der Waals surface area contributed by atoms with Crippen molar-refractivity contribution in [3.63, 3.8) is 0 Å². The van der Waals surface area contributed by atoms with E-state index in [1.54, 1.807) is 0 Å². The van der Waals surface area contributed by atoms with Crippen LogP contribution in [0.2, 0.25) is 0 Å². The van der Waals surface area contributed by atoms with E-state index in [0.29, 0.717) is 6.04 Å². The molecule has 0 aromatic carbocycles. The number of anilines is 1. The fourth-order valence-electron chi connectivity index (χ4n) is 1.82. The highest BCUT2D eigenvalue weighted by Crippen LogP contribution is 2.22. The summed E-state index contributed by atoms with van der Waals surface area (Å²) in [6, 6.07) is 6.70. The van der Waals surface area contributed by atoms with Gasteiger partial charge in [0.15, 0.2) is 0 Å². The Morgan fingerprint density at radius 3 is 2.80 bits per heavy atom. The van der Waals surface area contributed by atoms with Gasteiger partial charge in [-0.2, -0.15) is 0 Å². The minimum Gasteiger partial charge on any atom is -0.363 e. The summed E-state index contributed by atoms with van der Waals surface area (Å²) in [4.78, 5) is 6.66. The Morgan fingerprint density at radius 2 is 2.20 bits per heavy atom. The first-order chi connectivity index (χ1) is 6.77. The second kappa shape index (κ2) is 5.33. The highest BCUT2D eigenvalue weighted by molar-refractivity contribution is 5.85. The van der Waals surface area contributed by atoms with Gasteiger partial charge in [-0.15, -0.1) is 12.4 Å². The zero-order chi connectivity index (χ0) is 9.97. The SMILES string of the molecule is CN(C)c1cccc(C2CCCN2)n1.Cl. The Hall–Kier alpha value is -0.800. The second-order valence-electron chi connectivity index (χ2n) is 3.96. The molecule has 1 aromatic rings. The van der Waals surface area contributed by atoms with E-state index < -0.39 is 0 Å². The molecule has 1 aliphatic rings. The number of halogens is 1. The topological polar surface area (TPSA) is 28.2 Å². The molecule has 84 valence electrons. The number of aromatic nitrogens is 1. The van der Waals surface area contributed by atoms with Crippen molar-refractivity contribution in [2.24, 2.45) is 0 Å². The van der Waals surface area contributed by atoms with Gasteiger partial charge >= 0.3 is 0 Å². The van der Waals surface area contributed by atoms with E-state index in [9.17, 15) is 0 Å². The van der Waals surface area contributed by atoms with Gasteiger partial charge in [0.2, 0.25) is 0 Å². The predicted octanol–water partition coefficient (Wildman–Crippen LogP) is 1.99. The van der Waals surface area contributed by atoms with E-state index in [1.807, 2.05) is 25.1 Å². The van der Waals surface area contributed by atoms with E-state index >= 15 is 0 Å². The molecule has 1 fully saturated rings. The van der Waals surface area contributed by atoms with Gasteiger partial charge in [0.05, 0.1) is 5.69 Å². The van der Waals surface area contributed by atoms with Crippen LogP contribution in [-0.2, 0) is 0 Å². The summed E-state index contributed by atoms with van der Waals surface area (Å²) in [5.74, 6) is 1.04. The lowest BCUT2D eigenvalue weighted by Crippen LogP contribution is -2.16. The standard InChI is InChI=1S/C11H17N3.ClH/c1-14(2)11-7-3-5-10(13-11)9-6-4-8-12-9;/h3,5,7,9,12H,4,6,8H2,1-2H3;1H. The monoisotopic (exact) mass is 227 g/mol. The summed E-state index contributed by atoms with van der Waals surface area (Å²) >= 11 is 0. The van der Waals surface area contributed by atoms with E-state index in [2.05, 4.69) is 22.4 Å². The third kappa shape index (κ3) is 2.83. The van der Waals surface area contributed by atoms with E-state index in [0.717, 1.165) is 12.4 Å². The molecular weight excluding hydrogens is 210 g/mol. The lowest BCUT2D eigenvalue weighted by molar-refractivity contribution is 0.627. The van der Waals surface area contributed by atoms with Crippen LogP contribution in [0.15, 0.2) is 18.2 Å². The van der Waals surface area contributed by atoms with Crippen molar-refractivity contribution < 1.29 is 0 Å². The summed E-state index contributed by atoms with van der Waals surface area (Å²) in [5.41, 5.74) is 1.17. The lowest BCUT2D eigenvalue weighted by Gasteiger charge is -2.15. The Kier molecular flexibility index (Phi) is 4.36. The molecule has 4 heteroatoms. The third-order valence-electron chi connectivity index (χ3n) is 2.63. The van der Waals surface area contributed by atoms with Crippen molar-refractivity contribution in [1.29, 1.82) is 0 Å². The van der Waals surface area contributed by atoms with Crippen molar-refractivity contribution in [1.82, 2.24) is 10.3 Å². The van der Waals surface area contributed by atoms with Gasteiger partial charge in [-0.25, -0.2) is 4.98 Å². The summed E-state index contributed by atoms with van der Waals surface area (Å²) in [6.45, 7) is 1.12. The summed E-state index contributed by atoms with van der Waals surface area (Å²) in [7, 11) is 4.04. The van der Waals surface area contributed by atoms with Gasteiger partial charge < -0.3 is 10.2 Å². The van der Waals surface area contributed by atoms with Crippen LogP contribution in [0.3, 0.4) is 0 Å². The highest BCUT2D eigenvalue weighted by atomic mass is 35.5. The Balaban J connectivity index is 0.00000112. The van der Waals surface area contributed by atoms with Crippen molar-refractivity contribution in [2.45, 2.75) is 18.9 Å². The van der Waals surface area contributed by atoms with Crippen molar-refractivity contribution in [3.05, 3.63) is 23.9 Å². The molecule has 0 bridgehead atoms. The average Bonchev–Trinajstić information content (AvgIpc) is 2.71. The maximum atomic E-state index is 4.62. The molecule has 3 nitrogen and oxygen atoms in total. The predicted molar refractivity (Wildman–Crippen MR) is 65.8 cm³/mol. The Morgan fingerprint density at radius 1 is 1.40 bits per heavy atom. The Bertz CT molecular complexity index is 308. The van der Waals surface area contributed by atoms with Crippen molar-refractivity contribution >= 4 is 18.2 Å². The maximum absolute atomic E-state index is 4.62. The number of rotatable bonds is 2. The van der Waals surface area contributed by atoms with Gasteiger partial charge in [0, 0.05) is 20.1 Å². The first kappa shape index (κ1) is 12.3. The quantitative estimate of drug-likeness (QED) is 0.838. The van der Waals surface area contributed by atoms with Gasteiger partial charge in [-0.1, -0.05) is 6.07 Å². The third-order valence-corrected chi connectivity index (χ3v) is 2.63. The van der Waals surface area contributed by atoms with E-state index in [1.165, 1.54) is 18.5 Å². The van der Waals surface area contributed by atoms with Crippen LogP contribution in [-0.4, -0.2) is 25.6 Å². The fourth-order valence-corrected chi connectivity index (χ4v) is 1.82. The smallest absolute Gasteiger partial charge is 0.128 e. The molecule has 2 heterocycles. The van der Waals surface area contributed by atoms with Gasteiger partial charge in [0.25, 0.3) is 0 Å². The number of nitrogens with zero attached hydrogens (tertiary/aromatic N) is 2. The molecule has 1 atom stereocenters. The second-order valence-corrected chi connectivity index (χ2v) is 3.96. The van der Waals surface area contributed by atoms with Crippen LogP contribution >= 0.6 is 12.4 Å². The molecule has 1 aromatic heterocycles. The van der Waals surface area contributed by atoms with Crippen molar-refractivity contribution in [2.75, 3.05) is 25.5 Å². The molecule has 0 radical (unpaired) electrons. The average molecular weight is 228 g/mol. The number of hydrogen-bond acceptors (Lipinski definition) is 3. The largest absolute Gasteiger partial charge is 0.363 e. The molecule has 0 amide bonds. The molecule has 0 saturated carbocycles. The van der Waals surface area contributed by atoms with Crippen LogP contribution in [0.4, 0.5) is 5.82 Å². The molecule has 1 unspecified atom stereocenters. The zero-order valence-corrected chi connectivity index (χ0v) is 10.0. The van der Waals surface area contributed by atoms with Gasteiger partial charge in [-0.05, 0) is 31.5 Å². The maximum Gasteiger partial charge on any atom is 0.128 e. The molecule has 0 aliphatic carbocycles. The van der Waals surface area contributed by atoms with E-state index in [4.69, 9.17) is 0 Å². The summed E-state index contributed by atoms with van der Waals surface area (Å²) in [6.07, 6.45) is 2.47. The number of pyridine rings is 1. The first-order valence-corrected chi connectivity index (χ1v) is 5.15. The summed E-state index contributed by atoms with van der Waals surface area (Å²) < 4.78 is 0. The van der Waals surface area contributed by atoms with Gasteiger partial charge in [-0.3, -0.25) is 0 Å². The molecular formula is C11H18ClN3. The number of nitrogens with one attached hydrogen (secondary N) is 1. The van der Waals surface area contributed by atoms with E-state index in [-0.39, 0.29) is 12.4 Å². The fraction of sp³-hybridized carbons (Fsp3) is 0.545. The zero-order valence-electron chi connectivity index (χ0n) is 9.23. The molecule has 0 spiro atoms. The molecule has 1 aliphatic heterocycles. The van der Waals surface area contributed by atoms with Crippen molar-refractivity contribution in [3.8, 4) is 0 Å². The number of hydrogen-bond donors (Lipinski definition) is 1. The lowest BCUT2D eigenvalue weighted by atomic mass is 10.1. The van der Waals surface area contributed by atoms with Gasteiger partial charge in [0.1, 0.15) is 5.82 Å². The van der Waals surface area contributed by atoms with Crippen LogP contribution in [0.5, 0.6) is 0 Å². The first-order valence-electron chi connectivity index (χ1n) is 5.15. The van der Waals surface area contributed by atoms with Crippen LogP contribution in [0, 0.1) is 0 Å². The molecule has 2 rings (SSSR count). The molecule has 1 N–H and O–H groups in total. The van der Waals surface area contributed by atoms with Crippen LogP contribution < -0.4 is 10.2 Å². The molecule has 15 heavy (non-hydrogen) atoms. The normalized spacial score (nSPS) is 19.7.